The molecule has 0 bridgehead atoms. The van der Waals surface area contributed by atoms with Gasteiger partial charge in [0.2, 0.25) is 0 Å². The molecule has 0 aliphatic carbocycles. The Morgan fingerprint density at radius 2 is 2.10 bits per heavy atom. The third-order valence-electron chi connectivity index (χ3n) is 3.10. The molecule has 4 nitrogen and oxygen atoms in total. The maximum atomic E-state index is 5.19. The van der Waals surface area contributed by atoms with Gasteiger partial charge in [0.1, 0.15) is 17.9 Å². The number of hydrogen-bond acceptors (Lipinski definition) is 5. The first kappa shape index (κ1) is 13.6. The molecule has 1 N–H and O–H groups in total. The first-order valence-corrected chi connectivity index (χ1v) is 7.37. The fraction of sp³-hybridized carbons (Fsp3) is 0.125. The summed E-state index contributed by atoms with van der Waals surface area (Å²) < 4.78 is 6.25. The topological polar surface area (TPSA) is 47.0 Å². The van der Waals surface area contributed by atoms with Crippen molar-refractivity contribution in [2.75, 3.05) is 19.0 Å². The van der Waals surface area contributed by atoms with E-state index in [0.29, 0.717) is 6.54 Å². The largest absolute Gasteiger partial charge is 0.497 e. The summed E-state index contributed by atoms with van der Waals surface area (Å²) in [7, 11) is 1.67. The van der Waals surface area contributed by atoms with E-state index in [1.807, 2.05) is 30.3 Å². The summed E-state index contributed by atoms with van der Waals surface area (Å²) >= 11 is 1.68. The number of anilines is 1. The lowest BCUT2D eigenvalue weighted by Gasteiger charge is -2.02. The Morgan fingerprint density at radius 3 is 2.81 bits per heavy atom. The van der Waals surface area contributed by atoms with E-state index in [0.717, 1.165) is 32.2 Å². The quantitative estimate of drug-likeness (QED) is 0.724. The molecule has 21 heavy (non-hydrogen) atoms. The Labute approximate surface area is 127 Å². The van der Waals surface area contributed by atoms with E-state index in [1.54, 1.807) is 24.8 Å². The van der Waals surface area contributed by atoms with Gasteiger partial charge in [-0.15, -0.1) is 17.9 Å². The Bertz CT molecular complexity index is 765. The highest BCUT2D eigenvalue weighted by Crippen LogP contribution is 2.36. The van der Waals surface area contributed by atoms with Gasteiger partial charge >= 0.3 is 0 Å². The third-order valence-corrected chi connectivity index (χ3v) is 4.28. The van der Waals surface area contributed by atoms with Crippen LogP contribution in [0.25, 0.3) is 20.7 Å². The van der Waals surface area contributed by atoms with E-state index in [2.05, 4.69) is 27.9 Å². The zero-order valence-corrected chi connectivity index (χ0v) is 12.5. The molecule has 3 aromatic rings. The zero-order valence-electron chi connectivity index (χ0n) is 11.7. The van der Waals surface area contributed by atoms with Crippen molar-refractivity contribution in [3.05, 3.63) is 49.3 Å². The summed E-state index contributed by atoms with van der Waals surface area (Å²) in [6.07, 6.45) is 3.39. The lowest BCUT2D eigenvalue weighted by atomic mass is 10.2. The molecule has 2 aromatic heterocycles. The minimum absolute atomic E-state index is 0.682. The first-order valence-electron chi connectivity index (χ1n) is 6.55. The number of hydrogen-bond donors (Lipinski definition) is 1. The molecule has 2 heterocycles. The molecule has 0 saturated heterocycles. The van der Waals surface area contributed by atoms with Crippen molar-refractivity contribution >= 4 is 27.4 Å². The van der Waals surface area contributed by atoms with Crippen LogP contribution in [0.5, 0.6) is 5.75 Å². The van der Waals surface area contributed by atoms with E-state index < -0.39 is 0 Å². The highest BCUT2D eigenvalue weighted by atomic mass is 32.1. The molecule has 0 atom stereocenters. The number of thiophene rings is 1. The molecule has 0 aliphatic rings. The summed E-state index contributed by atoms with van der Waals surface area (Å²) in [5.74, 6) is 1.71. The van der Waals surface area contributed by atoms with Gasteiger partial charge in [0, 0.05) is 11.4 Å². The summed E-state index contributed by atoms with van der Waals surface area (Å²) in [6, 6.07) is 10.1. The molecular formula is C16H15N3OS. The molecule has 0 amide bonds. The maximum Gasteiger partial charge on any atom is 0.147 e. The minimum atomic E-state index is 0.682. The summed E-state index contributed by atoms with van der Waals surface area (Å²) in [4.78, 5) is 9.80. The maximum absolute atomic E-state index is 5.19. The van der Waals surface area contributed by atoms with Gasteiger partial charge in [-0.1, -0.05) is 6.08 Å². The van der Waals surface area contributed by atoms with Crippen molar-refractivity contribution in [3.8, 4) is 16.2 Å². The van der Waals surface area contributed by atoms with Gasteiger partial charge < -0.3 is 10.1 Å². The van der Waals surface area contributed by atoms with E-state index in [1.165, 1.54) is 0 Å². The second-order valence-electron chi connectivity index (χ2n) is 4.45. The normalized spacial score (nSPS) is 10.5. The van der Waals surface area contributed by atoms with Crippen molar-refractivity contribution in [2.45, 2.75) is 0 Å². The number of rotatable bonds is 5. The van der Waals surface area contributed by atoms with Gasteiger partial charge in [-0.05, 0) is 35.9 Å². The number of fused-ring (bicyclic) bond motifs is 1. The standard InChI is InChI=1S/C16H15N3OS/c1-3-8-17-16-15-13(18-10-19-16)9-14(21-15)11-4-6-12(20-2)7-5-11/h3-7,9-10H,1,8H2,2H3,(H,17,18,19). The Hall–Kier alpha value is -2.40. The van der Waals surface area contributed by atoms with Crippen LogP contribution < -0.4 is 10.1 Å². The molecule has 1 aromatic carbocycles. The number of aromatic nitrogens is 2. The Balaban J connectivity index is 2.01. The van der Waals surface area contributed by atoms with Crippen LogP contribution in [-0.4, -0.2) is 23.6 Å². The van der Waals surface area contributed by atoms with Crippen LogP contribution in [-0.2, 0) is 0 Å². The van der Waals surface area contributed by atoms with Crippen LogP contribution in [0.1, 0.15) is 0 Å². The fourth-order valence-electron chi connectivity index (χ4n) is 2.05. The lowest BCUT2D eigenvalue weighted by molar-refractivity contribution is 0.415. The summed E-state index contributed by atoms with van der Waals surface area (Å²) in [6.45, 7) is 4.39. The molecule has 0 aliphatic heterocycles. The zero-order chi connectivity index (χ0) is 14.7. The van der Waals surface area contributed by atoms with Gasteiger partial charge in [0.05, 0.1) is 17.3 Å². The van der Waals surface area contributed by atoms with Crippen LogP contribution >= 0.6 is 11.3 Å². The van der Waals surface area contributed by atoms with Gasteiger partial charge in [-0.25, -0.2) is 9.97 Å². The second kappa shape index (κ2) is 5.93. The molecular weight excluding hydrogens is 282 g/mol. The van der Waals surface area contributed by atoms with Crippen LogP contribution in [0.15, 0.2) is 49.3 Å². The summed E-state index contributed by atoms with van der Waals surface area (Å²) in [5, 5.41) is 3.24. The Morgan fingerprint density at radius 1 is 1.29 bits per heavy atom. The number of methoxy groups -OCH3 is 1. The SMILES string of the molecule is C=CCNc1ncnc2cc(-c3ccc(OC)cc3)sc12. The first-order chi connectivity index (χ1) is 10.3. The predicted octanol–water partition coefficient (Wildman–Crippen LogP) is 3.96. The van der Waals surface area contributed by atoms with E-state index in [-0.39, 0.29) is 0 Å². The van der Waals surface area contributed by atoms with Crippen molar-refractivity contribution in [1.29, 1.82) is 0 Å². The van der Waals surface area contributed by atoms with Gasteiger partial charge in [0.25, 0.3) is 0 Å². The lowest BCUT2D eigenvalue weighted by Crippen LogP contribution is -2.00. The third kappa shape index (κ3) is 2.73. The van der Waals surface area contributed by atoms with Crippen molar-refractivity contribution in [2.24, 2.45) is 0 Å². The molecule has 0 fully saturated rings. The summed E-state index contributed by atoms with van der Waals surface area (Å²) in [5.41, 5.74) is 2.10. The molecule has 0 radical (unpaired) electrons. The molecule has 5 heteroatoms. The van der Waals surface area contributed by atoms with Gasteiger partial charge in [0.15, 0.2) is 0 Å². The Kier molecular flexibility index (Phi) is 3.83. The van der Waals surface area contributed by atoms with E-state index >= 15 is 0 Å². The molecule has 0 unspecified atom stereocenters. The van der Waals surface area contributed by atoms with E-state index in [9.17, 15) is 0 Å². The number of benzene rings is 1. The van der Waals surface area contributed by atoms with E-state index in [4.69, 9.17) is 4.74 Å². The number of ether oxygens (including phenoxy) is 1. The fourth-order valence-corrected chi connectivity index (χ4v) is 3.13. The highest BCUT2D eigenvalue weighted by Gasteiger charge is 2.09. The molecule has 3 rings (SSSR count). The predicted molar refractivity (Wildman–Crippen MR) is 88.1 cm³/mol. The van der Waals surface area contributed by atoms with Crippen LogP contribution in [0.2, 0.25) is 0 Å². The van der Waals surface area contributed by atoms with Gasteiger partial charge in [-0.3, -0.25) is 0 Å². The average Bonchev–Trinajstić information content (AvgIpc) is 2.97. The smallest absolute Gasteiger partial charge is 0.147 e. The molecule has 0 saturated carbocycles. The second-order valence-corrected chi connectivity index (χ2v) is 5.50. The minimum Gasteiger partial charge on any atom is -0.497 e. The van der Waals surface area contributed by atoms with Crippen molar-refractivity contribution in [3.63, 3.8) is 0 Å². The molecule has 106 valence electrons. The van der Waals surface area contributed by atoms with Gasteiger partial charge in [-0.2, -0.15) is 0 Å². The van der Waals surface area contributed by atoms with Crippen LogP contribution in [0, 0.1) is 0 Å². The highest BCUT2D eigenvalue weighted by molar-refractivity contribution is 7.22. The van der Waals surface area contributed by atoms with Crippen LogP contribution in [0.4, 0.5) is 5.82 Å². The van der Waals surface area contributed by atoms with Crippen molar-refractivity contribution < 1.29 is 4.74 Å². The monoisotopic (exact) mass is 297 g/mol. The van der Waals surface area contributed by atoms with Crippen molar-refractivity contribution in [1.82, 2.24) is 9.97 Å². The average molecular weight is 297 g/mol. The molecule has 0 spiro atoms. The number of nitrogens with one attached hydrogen (secondary N) is 1. The number of nitrogens with zero attached hydrogens (tertiary/aromatic N) is 2. The van der Waals surface area contributed by atoms with Crippen LogP contribution in [0.3, 0.4) is 0 Å².